The van der Waals surface area contributed by atoms with Gasteiger partial charge in [-0.05, 0) is 17.7 Å². The van der Waals surface area contributed by atoms with E-state index in [4.69, 9.17) is 11.6 Å². The van der Waals surface area contributed by atoms with Crippen molar-refractivity contribution >= 4 is 22.5 Å². The predicted molar refractivity (Wildman–Crippen MR) is 75.0 cm³/mol. The minimum atomic E-state index is -0.134. The molecule has 0 radical (unpaired) electrons. The zero-order chi connectivity index (χ0) is 12.5. The molecule has 0 fully saturated rings. The van der Waals surface area contributed by atoms with E-state index in [1.54, 1.807) is 6.07 Å². The van der Waals surface area contributed by atoms with Crippen molar-refractivity contribution in [2.24, 2.45) is 0 Å². The number of H-pyrrole nitrogens is 1. The number of aromatic nitrogens is 1. The van der Waals surface area contributed by atoms with Crippen molar-refractivity contribution in [2.75, 3.05) is 0 Å². The zero-order valence-electron chi connectivity index (χ0n) is 9.48. The molecule has 0 aliphatic rings. The number of nitrogens with one attached hydrogen (secondary N) is 1. The summed E-state index contributed by atoms with van der Waals surface area (Å²) in [6, 6.07) is 17.0. The van der Waals surface area contributed by atoms with E-state index in [9.17, 15) is 4.79 Å². The van der Waals surface area contributed by atoms with Crippen LogP contribution in [-0.4, -0.2) is 4.98 Å². The third-order valence-electron chi connectivity index (χ3n) is 2.91. The lowest BCUT2D eigenvalue weighted by Crippen LogP contribution is -2.05. The average molecular weight is 256 g/mol. The van der Waals surface area contributed by atoms with Gasteiger partial charge in [-0.3, -0.25) is 4.79 Å². The first kappa shape index (κ1) is 11.1. The summed E-state index contributed by atoms with van der Waals surface area (Å²) in [5.41, 5.74) is 2.24. The predicted octanol–water partition coefficient (Wildman–Crippen LogP) is 3.85. The van der Waals surface area contributed by atoms with Crippen LogP contribution in [0, 0.1) is 0 Å². The molecule has 18 heavy (non-hydrogen) atoms. The van der Waals surface area contributed by atoms with Crippen LogP contribution < -0.4 is 5.43 Å². The zero-order valence-corrected chi connectivity index (χ0v) is 10.2. The van der Waals surface area contributed by atoms with Crippen LogP contribution in [0.25, 0.3) is 22.2 Å². The third kappa shape index (κ3) is 1.71. The van der Waals surface area contributed by atoms with Crippen molar-refractivity contribution in [1.82, 2.24) is 4.98 Å². The Balaban J connectivity index is 2.38. The van der Waals surface area contributed by atoms with E-state index >= 15 is 0 Å². The van der Waals surface area contributed by atoms with Gasteiger partial charge in [0.25, 0.3) is 0 Å². The molecule has 0 bridgehead atoms. The Morgan fingerprint density at radius 2 is 1.56 bits per heavy atom. The van der Waals surface area contributed by atoms with Gasteiger partial charge in [-0.15, -0.1) is 0 Å². The number of benzene rings is 2. The van der Waals surface area contributed by atoms with E-state index in [2.05, 4.69) is 4.98 Å². The molecular formula is C15H10ClNO. The maximum Gasteiger partial charge on any atom is 0.208 e. The Morgan fingerprint density at radius 3 is 2.33 bits per heavy atom. The standard InChI is InChI=1S/C15H10ClNO/c16-13-14(10-6-2-1-3-7-10)17-12-9-5-4-8-11(12)15(13)18/h1-9H,(H,17,18). The maximum absolute atomic E-state index is 12.2. The first-order valence-corrected chi connectivity index (χ1v) is 6.01. The normalized spacial score (nSPS) is 10.7. The van der Waals surface area contributed by atoms with E-state index in [0.717, 1.165) is 11.1 Å². The Hall–Kier alpha value is -2.06. The van der Waals surface area contributed by atoms with Crippen molar-refractivity contribution in [2.45, 2.75) is 0 Å². The Kier molecular flexibility index (Phi) is 2.65. The van der Waals surface area contributed by atoms with Gasteiger partial charge in [-0.25, -0.2) is 0 Å². The summed E-state index contributed by atoms with van der Waals surface area (Å²) in [6.07, 6.45) is 0. The molecule has 3 aromatic rings. The van der Waals surface area contributed by atoms with Gasteiger partial charge >= 0.3 is 0 Å². The molecule has 0 saturated heterocycles. The van der Waals surface area contributed by atoms with E-state index in [0.29, 0.717) is 11.1 Å². The number of rotatable bonds is 1. The van der Waals surface area contributed by atoms with Gasteiger partial charge in [-0.1, -0.05) is 54.1 Å². The van der Waals surface area contributed by atoms with Crippen LogP contribution in [0.15, 0.2) is 59.4 Å². The molecule has 3 rings (SSSR count). The molecule has 1 heterocycles. The van der Waals surface area contributed by atoms with Gasteiger partial charge < -0.3 is 4.98 Å². The van der Waals surface area contributed by atoms with E-state index in [-0.39, 0.29) is 10.5 Å². The fourth-order valence-corrected chi connectivity index (χ4v) is 2.27. The Morgan fingerprint density at radius 1 is 0.889 bits per heavy atom. The topological polar surface area (TPSA) is 32.9 Å². The summed E-state index contributed by atoms with van der Waals surface area (Å²) < 4.78 is 0. The number of pyridine rings is 1. The molecule has 0 unspecified atom stereocenters. The SMILES string of the molecule is O=c1c(Cl)c(-c2ccccc2)[nH]c2ccccc12. The molecule has 88 valence electrons. The molecule has 1 aromatic heterocycles. The highest BCUT2D eigenvalue weighted by Gasteiger charge is 2.10. The number of para-hydroxylation sites is 1. The van der Waals surface area contributed by atoms with Crippen molar-refractivity contribution in [3.63, 3.8) is 0 Å². The molecule has 2 nitrogen and oxygen atoms in total. The first-order chi connectivity index (χ1) is 8.77. The number of hydrogen-bond donors (Lipinski definition) is 1. The van der Waals surface area contributed by atoms with Gasteiger partial charge in [0.1, 0.15) is 5.02 Å². The molecule has 0 amide bonds. The fourth-order valence-electron chi connectivity index (χ4n) is 2.02. The van der Waals surface area contributed by atoms with Crippen LogP contribution >= 0.6 is 11.6 Å². The Bertz CT molecular complexity index is 762. The minimum Gasteiger partial charge on any atom is -0.353 e. The summed E-state index contributed by atoms with van der Waals surface area (Å²) in [5.74, 6) is 0. The molecule has 1 N–H and O–H groups in total. The van der Waals surface area contributed by atoms with Gasteiger partial charge in [0.05, 0.1) is 5.69 Å². The minimum absolute atomic E-state index is 0.134. The maximum atomic E-state index is 12.2. The molecule has 0 saturated carbocycles. The van der Waals surface area contributed by atoms with Gasteiger partial charge in [0, 0.05) is 10.9 Å². The van der Waals surface area contributed by atoms with E-state index < -0.39 is 0 Å². The smallest absolute Gasteiger partial charge is 0.208 e. The molecule has 0 spiro atoms. The van der Waals surface area contributed by atoms with Crippen LogP contribution in [-0.2, 0) is 0 Å². The molecule has 0 atom stereocenters. The van der Waals surface area contributed by atoms with Crippen molar-refractivity contribution in [3.8, 4) is 11.3 Å². The lowest BCUT2D eigenvalue weighted by molar-refractivity contribution is 1.38. The number of hydrogen-bond acceptors (Lipinski definition) is 1. The summed E-state index contributed by atoms with van der Waals surface area (Å²) in [6.45, 7) is 0. The summed E-state index contributed by atoms with van der Waals surface area (Å²) in [5, 5.41) is 0.849. The summed E-state index contributed by atoms with van der Waals surface area (Å²) in [7, 11) is 0. The molecule has 2 aromatic carbocycles. The second kappa shape index (κ2) is 4.31. The second-order valence-corrected chi connectivity index (χ2v) is 4.43. The molecule has 3 heteroatoms. The highest BCUT2D eigenvalue weighted by molar-refractivity contribution is 6.33. The number of halogens is 1. The largest absolute Gasteiger partial charge is 0.353 e. The first-order valence-electron chi connectivity index (χ1n) is 5.63. The lowest BCUT2D eigenvalue weighted by atomic mass is 10.1. The van der Waals surface area contributed by atoms with Crippen LogP contribution in [0.1, 0.15) is 0 Å². The third-order valence-corrected chi connectivity index (χ3v) is 3.27. The van der Waals surface area contributed by atoms with Crippen molar-refractivity contribution < 1.29 is 0 Å². The van der Waals surface area contributed by atoms with Crippen LogP contribution in [0.4, 0.5) is 0 Å². The fraction of sp³-hybridized carbons (Fsp3) is 0. The van der Waals surface area contributed by atoms with E-state index in [1.807, 2.05) is 48.5 Å². The van der Waals surface area contributed by atoms with Gasteiger partial charge in [-0.2, -0.15) is 0 Å². The highest BCUT2D eigenvalue weighted by Crippen LogP contribution is 2.25. The highest BCUT2D eigenvalue weighted by atomic mass is 35.5. The average Bonchev–Trinajstić information content (AvgIpc) is 2.44. The molecule has 0 aliphatic carbocycles. The van der Waals surface area contributed by atoms with E-state index in [1.165, 1.54) is 0 Å². The monoisotopic (exact) mass is 255 g/mol. The quantitative estimate of drug-likeness (QED) is 0.704. The summed E-state index contributed by atoms with van der Waals surface area (Å²) in [4.78, 5) is 15.4. The van der Waals surface area contributed by atoms with Crippen molar-refractivity contribution in [3.05, 3.63) is 69.8 Å². The van der Waals surface area contributed by atoms with Crippen molar-refractivity contribution in [1.29, 1.82) is 0 Å². The summed E-state index contributed by atoms with van der Waals surface area (Å²) >= 11 is 6.16. The second-order valence-electron chi connectivity index (χ2n) is 4.05. The van der Waals surface area contributed by atoms with Crippen LogP contribution in [0.5, 0.6) is 0 Å². The molecular weight excluding hydrogens is 246 g/mol. The Labute approximate surface area is 109 Å². The number of aromatic amines is 1. The van der Waals surface area contributed by atoms with Gasteiger partial charge in [0.15, 0.2) is 0 Å². The number of fused-ring (bicyclic) bond motifs is 1. The van der Waals surface area contributed by atoms with Gasteiger partial charge in [0.2, 0.25) is 5.43 Å². The lowest BCUT2D eigenvalue weighted by Gasteiger charge is -2.06. The van der Waals surface area contributed by atoms with Crippen LogP contribution in [0.2, 0.25) is 5.02 Å². The van der Waals surface area contributed by atoms with Crippen LogP contribution in [0.3, 0.4) is 0 Å². The molecule has 0 aliphatic heterocycles.